The molecule has 0 bridgehead atoms. The molecule has 6 aromatic carbocycles. The molecule has 0 aromatic heterocycles. The molecule has 0 N–H and O–H groups in total. The monoisotopic (exact) mass is 603 g/mol. The van der Waals surface area contributed by atoms with Crippen LogP contribution >= 0.6 is 0 Å². The van der Waals surface area contributed by atoms with Crippen LogP contribution in [-0.2, 0) is 0 Å². The largest absolute Gasteiger partial charge is 0.317 e. The maximum Gasteiger partial charge on any atom is 0.0456 e. The van der Waals surface area contributed by atoms with Crippen molar-refractivity contribution in [2.45, 2.75) is 0 Å². The summed E-state index contributed by atoms with van der Waals surface area (Å²) in [6.07, 6.45) is 19.1. The van der Waals surface area contributed by atoms with Gasteiger partial charge in [0.2, 0.25) is 0 Å². The Morgan fingerprint density at radius 1 is 0.319 bits per heavy atom. The fraction of sp³-hybridized carbons (Fsp3) is 0. The highest BCUT2D eigenvalue weighted by atomic mass is 15.1. The van der Waals surface area contributed by atoms with Gasteiger partial charge in [0.1, 0.15) is 0 Å². The highest BCUT2D eigenvalue weighted by Crippen LogP contribution is 2.32. The van der Waals surface area contributed by atoms with Gasteiger partial charge in [0.25, 0.3) is 0 Å². The predicted molar refractivity (Wildman–Crippen MR) is 204 cm³/mol. The van der Waals surface area contributed by atoms with Gasteiger partial charge < -0.3 is 4.90 Å². The first-order chi connectivity index (χ1) is 23.3. The molecular formula is C46H37N. The van der Waals surface area contributed by atoms with Crippen molar-refractivity contribution in [1.82, 2.24) is 0 Å². The molecule has 0 amide bonds. The maximum absolute atomic E-state index is 2.28. The van der Waals surface area contributed by atoms with Crippen LogP contribution in [0.15, 0.2) is 200 Å². The Kier molecular flexibility index (Phi) is 10.6. The smallest absolute Gasteiger partial charge is 0.0456 e. The van der Waals surface area contributed by atoms with E-state index in [2.05, 4.69) is 217 Å². The molecule has 1 nitrogen and oxygen atoms in total. The van der Waals surface area contributed by atoms with Gasteiger partial charge in [-0.15, -0.1) is 0 Å². The highest BCUT2D eigenvalue weighted by molar-refractivity contribution is 5.84. The summed E-state index contributed by atoms with van der Waals surface area (Å²) >= 11 is 0. The van der Waals surface area contributed by atoms with Crippen molar-refractivity contribution in [2.24, 2.45) is 0 Å². The molecule has 0 fully saturated rings. The topological polar surface area (TPSA) is 3.24 Å². The molecule has 6 aromatic rings. The SMILES string of the molecule is C(=C(c1ccccc1)c1ccccc1)N(c1ccc(/C=C/C=C/c2ccccc2)cc1)c1ccc(/C=C/C=C/c2ccccc2)cc1. The lowest BCUT2D eigenvalue weighted by Crippen LogP contribution is -2.10. The minimum Gasteiger partial charge on any atom is -0.317 e. The molecule has 0 atom stereocenters. The summed E-state index contributed by atoms with van der Waals surface area (Å²) < 4.78 is 0. The Morgan fingerprint density at radius 3 is 0.957 bits per heavy atom. The van der Waals surface area contributed by atoms with Crippen LogP contribution in [0.5, 0.6) is 0 Å². The van der Waals surface area contributed by atoms with Gasteiger partial charge in [-0.2, -0.15) is 0 Å². The number of nitrogens with zero attached hydrogens (tertiary/aromatic N) is 1. The zero-order valence-electron chi connectivity index (χ0n) is 26.3. The first-order valence-corrected chi connectivity index (χ1v) is 15.9. The molecule has 1 heteroatoms. The van der Waals surface area contributed by atoms with E-state index >= 15 is 0 Å². The van der Waals surface area contributed by atoms with Crippen molar-refractivity contribution in [3.63, 3.8) is 0 Å². The third-order valence-electron chi connectivity index (χ3n) is 7.75. The van der Waals surface area contributed by atoms with Crippen LogP contribution in [0.25, 0.3) is 29.9 Å². The quantitative estimate of drug-likeness (QED) is 0.133. The van der Waals surface area contributed by atoms with E-state index in [0.29, 0.717) is 0 Å². The number of hydrogen-bond donors (Lipinski definition) is 0. The summed E-state index contributed by atoms with van der Waals surface area (Å²) in [4.78, 5) is 2.28. The van der Waals surface area contributed by atoms with Gasteiger partial charge in [-0.1, -0.05) is 194 Å². The van der Waals surface area contributed by atoms with Crippen LogP contribution in [0.3, 0.4) is 0 Å². The molecule has 0 aliphatic rings. The average molecular weight is 604 g/mol. The number of rotatable bonds is 11. The van der Waals surface area contributed by atoms with E-state index in [1.807, 2.05) is 12.1 Å². The van der Waals surface area contributed by atoms with E-state index < -0.39 is 0 Å². The summed E-state index contributed by atoms with van der Waals surface area (Å²) in [5.41, 5.74) is 10.3. The van der Waals surface area contributed by atoms with Gasteiger partial charge in [0.05, 0.1) is 0 Å². The third-order valence-corrected chi connectivity index (χ3v) is 7.75. The molecule has 6 rings (SSSR count). The molecule has 0 unspecified atom stereocenters. The summed E-state index contributed by atoms with van der Waals surface area (Å²) in [6, 6.07) is 59.3. The molecule has 47 heavy (non-hydrogen) atoms. The first-order valence-electron chi connectivity index (χ1n) is 15.9. The van der Waals surface area contributed by atoms with Gasteiger partial charge in [-0.3, -0.25) is 0 Å². The Bertz CT molecular complexity index is 1820. The second kappa shape index (κ2) is 16.2. The summed E-state index contributed by atoms with van der Waals surface area (Å²) in [5.74, 6) is 0. The standard InChI is InChI=1S/C46H37N/c1-5-17-38(18-6-1)21-13-15-23-40-29-33-44(34-30-40)47(37-46(42-25-9-3-10-26-42)43-27-11-4-12-28-43)45-35-31-41(32-36-45)24-16-14-22-39-19-7-2-8-20-39/h1-37H/b21-13+,22-14+,23-15+,24-16+. The lowest BCUT2D eigenvalue weighted by Gasteiger charge is -2.24. The van der Waals surface area contributed by atoms with Crippen molar-refractivity contribution < 1.29 is 0 Å². The Morgan fingerprint density at radius 2 is 0.617 bits per heavy atom. The molecule has 0 saturated heterocycles. The minimum atomic E-state index is 1.08. The van der Waals surface area contributed by atoms with Gasteiger partial charge in [-0.05, 0) is 57.6 Å². The summed E-state index contributed by atoms with van der Waals surface area (Å²) in [6.45, 7) is 0. The van der Waals surface area contributed by atoms with E-state index in [9.17, 15) is 0 Å². The van der Waals surface area contributed by atoms with Crippen molar-refractivity contribution >= 4 is 41.3 Å². The molecule has 0 spiro atoms. The van der Waals surface area contributed by atoms with Gasteiger partial charge in [-0.25, -0.2) is 0 Å². The molecular weight excluding hydrogens is 567 g/mol. The number of anilines is 2. The van der Waals surface area contributed by atoms with E-state index in [1.165, 1.54) is 22.3 Å². The van der Waals surface area contributed by atoms with E-state index in [-0.39, 0.29) is 0 Å². The fourth-order valence-electron chi connectivity index (χ4n) is 5.27. The molecule has 226 valence electrons. The van der Waals surface area contributed by atoms with Crippen LogP contribution in [0, 0.1) is 0 Å². The molecule has 0 saturated carbocycles. The number of hydrogen-bond acceptors (Lipinski definition) is 1. The van der Waals surface area contributed by atoms with E-state index in [4.69, 9.17) is 0 Å². The second-order valence-corrected chi connectivity index (χ2v) is 11.1. The Labute approximate surface area is 279 Å². The molecule has 0 aliphatic heterocycles. The van der Waals surface area contributed by atoms with E-state index in [1.54, 1.807) is 0 Å². The number of benzene rings is 6. The number of allylic oxidation sites excluding steroid dienone is 4. The maximum atomic E-state index is 2.28. The molecule has 0 aliphatic carbocycles. The highest BCUT2D eigenvalue weighted by Gasteiger charge is 2.12. The van der Waals surface area contributed by atoms with Crippen LogP contribution < -0.4 is 4.90 Å². The van der Waals surface area contributed by atoms with Gasteiger partial charge >= 0.3 is 0 Å². The zero-order chi connectivity index (χ0) is 31.9. The predicted octanol–water partition coefficient (Wildman–Crippen LogP) is 12.4. The zero-order valence-corrected chi connectivity index (χ0v) is 26.3. The van der Waals surface area contributed by atoms with Crippen molar-refractivity contribution in [2.75, 3.05) is 4.90 Å². The minimum absolute atomic E-state index is 1.08. The lowest BCUT2D eigenvalue weighted by molar-refractivity contribution is 1.28. The Balaban J connectivity index is 1.30. The molecule has 0 heterocycles. The third kappa shape index (κ3) is 8.94. The Hall–Kier alpha value is -6.18. The van der Waals surface area contributed by atoms with Crippen molar-refractivity contribution in [3.8, 4) is 0 Å². The second-order valence-electron chi connectivity index (χ2n) is 11.1. The first kappa shape index (κ1) is 30.8. The fourth-order valence-corrected chi connectivity index (χ4v) is 5.27. The van der Waals surface area contributed by atoms with Crippen molar-refractivity contribution in [3.05, 3.63) is 234 Å². The van der Waals surface area contributed by atoms with Crippen molar-refractivity contribution in [1.29, 1.82) is 0 Å². The van der Waals surface area contributed by atoms with Gasteiger partial charge in [0.15, 0.2) is 0 Å². The van der Waals surface area contributed by atoms with Crippen LogP contribution in [0.1, 0.15) is 33.4 Å². The van der Waals surface area contributed by atoms with Crippen LogP contribution in [0.2, 0.25) is 0 Å². The average Bonchev–Trinajstić information content (AvgIpc) is 3.15. The van der Waals surface area contributed by atoms with Gasteiger partial charge in [0, 0.05) is 23.1 Å². The summed E-state index contributed by atoms with van der Waals surface area (Å²) in [5, 5.41) is 0. The summed E-state index contributed by atoms with van der Waals surface area (Å²) in [7, 11) is 0. The van der Waals surface area contributed by atoms with Crippen LogP contribution in [-0.4, -0.2) is 0 Å². The normalized spacial score (nSPS) is 11.5. The lowest BCUT2D eigenvalue weighted by atomic mass is 9.98. The van der Waals surface area contributed by atoms with Crippen LogP contribution in [0.4, 0.5) is 11.4 Å². The molecule has 0 radical (unpaired) electrons. The van der Waals surface area contributed by atoms with E-state index in [0.717, 1.165) is 28.1 Å².